The van der Waals surface area contributed by atoms with Crippen LogP contribution in [-0.4, -0.2) is 47.3 Å². The standard InChI is InChI=1S/3C3H5O6P.3Na/c3*1-2(3(4)5)9-10(6,7)8;;;/h3*1H2,(H,4,5)(H2,6,7,8);;;/q;;;3*+1/p-3. The van der Waals surface area contributed by atoms with Crippen LogP contribution in [0.15, 0.2) is 37.0 Å². The number of hydrogen-bond donors (Lipinski definition) is 6. The third kappa shape index (κ3) is 40.0. The number of aliphatic carboxylic acids is 3. The van der Waals surface area contributed by atoms with Gasteiger partial charge in [-0.3, -0.25) is 29.4 Å². The van der Waals surface area contributed by atoms with E-state index in [1.54, 1.807) is 0 Å². The van der Waals surface area contributed by atoms with Crippen molar-refractivity contribution in [2.45, 2.75) is 0 Å². The van der Waals surface area contributed by atoms with Crippen molar-refractivity contribution in [2.75, 3.05) is 0 Å². The first-order valence-corrected chi connectivity index (χ1v) is 10.5. The van der Waals surface area contributed by atoms with Gasteiger partial charge in [0.1, 0.15) is 35.2 Å². The molecule has 174 valence electrons. The summed E-state index contributed by atoms with van der Waals surface area (Å²) in [4.78, 5) is 76.9. The van der Waals surface area contributed by atoms with E-state index in [1.807, 2.05) is 0 Å². The van der Waals surface area contributed by atoms with E-state index in [0.717, 1.165) is 0 Å². The van der Waals surface area contributed by atoms with Gasteiger partial charge in [0.05, 0.1) is 0 Å². The molecule has 0 radical (unpaired) electrons. The van der Waals surface area contributed by atoms with Crippen LogP contribution in [0.4, 0.5) is 0 Å². The van der Waals surface area contributed by atoms with E-state index in [1.165, 1.54) is 0 Å². The summed E-state index contributed by atoms with van der Waals surface area (Å²) in [6.07, 6.45) is 0. The van der Waals surface area contributed by atoms with Gasteiger partial charge < -0.3 is 43.3 Å². The first kappa shape index (κ1) is 46.8. The summed E-state index contributed by atoms with van der Waals surface area (Å²) in [5, 5.41) is 29.1. The summed E-state index contributed by atoms with van der Waals surface area (Å²) in [6.45, 7) is 7.99. The average molecular weight is 570 g/mol. The zero-order chi connectivity index (χ0) is 25.1. The van der Waals surface area contributed by atoms with Crippen LogP contribution in [0.2, 0.25) is 0 Å². The monoisotopic (exact) mass is 570 g/mol. The summed E-state index contributed by atoms with van der Waals surface area (Å²) in [7, 11) is -14.4. The quantitative estimate of drug-likeness (QED) is 0.0648. The summed E-state index contributed by atoms with van der Waals surface area (Å²) in [6, 6.07) is 0. The van der Waals surface area contributed by atoms with E-state index in [4.69, 9.17) is 29.4 Å². The van der Waals surface area contributed by atoms with Crippen LogP contribution in [0.5, 0.6) is 0 Å². The Morgan fingerprint density at radius 3 is 0.667 bits per heavy atom. The maximum absolute atomic E-state index is 9.87. The summed E-state index contributed by atoms with van der Waals surface area (Å²) >= 11 is 0. The van der Waals surface area contributed by atoms with Gasteiger partial charge in [-0.2, -0.15) is 0 Å². The summed E-state index contributed by atoms with van der Waals surface area (Å²) in [5.74, 6) is -8.84. The van der Waals surface area contributed by atoms with Gasteiger partial charge in [-0.05, 0) is 0 Å². The van der Waals surface area contributed by atoms with E-state index in [-0.39, 0.29) is 88.7 Å². The third-order valence-corrected chi connectivity index (χ3v) is 2.75. The third-order valence-electron chi connectivity index (χ3n) is 1.37. The smallest absolute Gasteiger partial charge is 0.542 e. The molecule has 33 heavy (non-hydrogen) atoms. The molecule has 0 aliphatic rings. The molecule has 0 aromatic rings. The SMILES string of the molecule is C=C(OP(=O)(O)O)C(=O)[O-].C=C(OP(=O)(O)O)C(=O)[O-].C=C(OP(=O)(O)O)C(=O)[O-].[Na+].[Na+].[Na+]. The Balaban J connectivity index is -0.0000000792. The molecular formula is C9H12Na3O18P3. The Kier molecular flexibility index (Phi) is 29.3. The summed E-state index contributed by atoms with van der Waals surface area (Å²) in [5.41, 5.74) is 0. The second-order valence-electron chi connectivity index (χ2n) is 3.88. The molecular weight excluding hydrogens is 558 g/mol. The number of phosphoric acid groups is 3. The molecule has 0 saturated carbocycles. The Morgan fingerprint density at radius 2 is 0.636 bits per heavy atom. The van der Waals surface area contributed by atoms with Crippen molar-refractivity contribution < 1.29 is 175 Å². The molecule has 0 fully saturated rings. The normalized spacial score (nSPS) is 9.64. The van der Waals surface area contributed by atoms with Gasteiger partial charge in [-0.25, -0.2) is 13.7 Å². The minimum atomic E-state index is -4.80. The van der Waals surface area contributed by atoms with Gasteiger partial charge >= 0.3 is 112 Å². The zero-order valence-corrected chi connectivity index (χ0v) is 25.7. The Bertz CT molecular complexity index is 727. The topological polar surface area (TPSA) is 321 Å². The molecule has 6 N–H and O–H groups in total. The number of hydrogen-bond acceptors (Lipinski definition) is 12. The predicted molar refractivity (Wildman–Crippen MR) is 81.8 cm³/mol. The molecule has 24 heteroatoms. The molecule has 0 aliphatic carbocycles. The van der Waals surface area contributed by atoms with E-state index >= 15 is 0 Å². The molecule has 0 saturated heterocycles. The Morgan fingerprint density at radius 1 is 0.515 bits per heavy atom. The molecule has 0 aliphatic heterocycles. The largest absolute Gasteiger partial charge is 1.00 e. The van der Waals surface area contributed by atoms with Gasteiger partial charge in [-0.1, -0.05) is 19.7 Å². The van der Waals surface area contributed by atoms with Crippen molar-refractivity contribution in [3.63, 3.8) is 0 Å². The van der Waals surface area contributed by atoms with Crippen molar-refractivity contribution in [2.24, 2.45) is 0 Å². The van der Waals surface area contributed by atoms with Crippen molar-refractivity contribution >= 4 is 41.4 Å². The predicted octanol–water partition coefficient (Wildman–Crippen LogP) is -13.9. The van der Waals surface area contributed by atoms with Gasteiger partial charge in [0, 0.05) is 0 Å². The van der Waals surface area contributed by atoms with E-state index in [2.05, 4.69) is 33.3 Å². The molecule has 18 nitrogen and oxygen atoms in total. The first-order valence-electron chi connectivity index (χ1n) is 5.94. The number of phosphoric ester groups is 3. The van der Waals surface area contributed by atoms with Crippen LogP contribution in [0.1, 0.15) is 0 Å². The fraction of sp³-hybridized carbons (Fsp3) is 0. The van der Waals surface area contributed by atoms with Crippen LogP contribution in [-0.2, 0) is 41.6 Å². The average Bonchev–Trinajstić information content (AvgIpc) is 2.42. The molecule has 0 bridgehead atoms. The minimum Gasteiger partial charge on any atom is -0.542 e. The maximum atomic E-state index is 9.87. The van der Waals surface area contributed by atoms with Crippen molar-refractivity contribution in [3.05, 3.63) is 37.0 Å². The number of carboxylic acid groups (broad SMARTS) is 3. The fourth-order valence-electron chi connectivity index (χ4n) is 0.542. The van der Waals surface area contributed by atoms with E-state index in [0.29, 0.717) is 0 Å². The van der Waals surface area contributed by atoms with Crippen LogP contribution < -0.4 is 104 Å². The van der Waals surface area contributed by atoms with Crippen molar-refractivity contribution in [3.8, 4) is 0 Å². The van der Waals surface area contributed by atoms with Crippen molar-refractivity contribution in [1.29, 1.82) is 0 Å². The second-order valence-corrected chi connectivity index (χ2v) is 7.37. The molecule has 0 aromatic carbocycles. The number of rotatable bonds is 9. The number of carboxylic acids is 3. The van der Waals surface area contributed by atoms with Crippen LogP contribution in [0.25, 0.3) is 0 Å². The molecule has 0 spiro atoms. The van der Waals surface area contributed by atoms with E-state index in [9.17, 15) is 43.4 Å². The minimum absolute atomic E-state index is 0. The summed E-state index contributed by atoms with van der Waals surface area (Å²) < 4.78 is 40.1. The van der Waals surface area contributed by atoms with Gasteiger partial charge in [-0.15, -0.1) is 0 Å². The number of carbonyl (C=O) groups is 3. The van der Waals surface area contributed by atoms with Gasteiger partial charge in [0.25, 0.3) is 0 Å². The molecule has 0 rings (SSSR count). The Hall–Kier alpha value is 0.480. The molecule has 0 atom stereocenters. The van der Waals surface area contributed by atoms with Crippen LogP contribution in [0.3, 0.4) is 0 Å². The zero-order valence-electron chi connectivity index (χ0n) is 17.0. The van der Waals surface area contributed by atoms with E-state index < -0.39 is 58.7 Å². The molecule has 0 unspecified atom stereocenters. The van der Waals surface area contributed by atoms with Crippen LogP contribution in [0, 0.1) is 0 Å². The Labute approximate surface area is 250 Å². The molecule has 0 aromatic heterocycles. The molecule has 0 amide bonds. The second kappa shape index (κ2) is 20.7. The van der Waals surface area contributed by atoms with Gasteiger partial charge in [0.2, 0.25) is 0 Å². The molecule has 0 heterocycles. The maximum Gasteiger partial charge on any atom is 1.00 e. The van der Waals surface area contributed by atoms with Crippen molar-refractivity contribution in [1.82, 2.24) is 0 Å². The fourth-order valence-corrected chi connectivity index (χ4v) is 1.63. The number of carbonyl (C=O) groups excluding carboxylic acids is 3. The van der Waals surface area contributed by atoms with Crippen LogP contribution >= 0.6 is 23.5 Å². The first-order chi connectivity index (χ1) is 13.0. The van der Waals surface area contributed by atoms with Gasteiger partial charge in [0.15, 0.2) is 0 Å².